The maximum atomic E-state index is 8.86. The Balaban J connectivity index is 1.93. The van der Waals surface area contributed by atoms with Crippen LogP contribution in [0.3, 0.4) is 0 Å². The van der Waals surface area contributed by atoms with Crippen LogP contribution >= 0.6 is 0 Å². The number of rotatable bonds is 5. The van der Waals surface area contributed by atoms with E-state index in [0.29, 0.717) is 17.6 Å². The minimum Gasteiger partial charge on any atom is -0.378 e. The van der Waals surface area contributed by atoms with Gasteiger partial charge >= 0.3 is 0 Å². The molecule has 0 aromatic heterocycles. The summed E-state index contributed by atoms with van der Waals surface area (Å²) in [5, 5.41) is 12.5. The summed E-state index contributed by atoms with van der Waals surface area (Å²) in [6.07, 6.45) is 8.25. The molecule has 102 valence electrons. The Morgan fingerprint density at radius 1 is 1.39 bits per heavy atom. The Morgan fingerprint density at radius 2 is 2.11 bits per heavy atom. The Kier molecular flexibility index (Phi) is 4.64. The van der Waals surface area contributed by atoms with Crippen molar-refractivity contribution in [3.8, 4) is 6.07 Å². The largest absolute Gasteiger partial charge is 0.378 e. The van der Waals surface area contributed by atoms with E-state index < -0.39 is 0 Å². The van der Waals surface area contributed by atoms with Gasteiger partial charge in [0.25, 0.3) is 0 Å². The zero-order valence-corrected chi connectivity index (χ0v) is 11.7. The minimum absolute atomic E-state index is 0.108. The second-order valence-electron chi connectivity index (χ2n) is 5.96. The van der Waals surface area contributed by atoms with Crippen LogP contribution in [0.4, 0.5) is 0 Å². The molecule has 1 N–H and O–H groups in total. The lowest BCUT2D eigenvalue weighted by Gasteiger charge is -2.58. The predicted molar refractivity (Wildman–Crippen MR) is 72.1 cm³/mol. The topological polar surface area (TPSA) is 45.0 Å². The molecule has 0 amide bonds. The van der Waals surface area contributed by atoms with Gasteiger partial charge in [-0.1, -0.05) is 19.3 Å². The first-order valence-electron chi connectivity index (χ1n) is 7.47. The van der Waals surface area contributed by atoms with E-state index in [0.717, 1.165) is 19.6 Å². The van der Waals surface area contributed by atoms with Crippen molar-refractivity contribution in [1.82, 2.24) is 5.32 Å². The second-order valence-corrected chi connectivity index (χ2v) is 5.96. The van der Waals surface area contributed by atoms with Crippen molar-refractivity contribution in [2.24, 2.45) is 11.3 Å². The Labute approximate surface area is 111 Å². The van der Waals surface area contributed by atoms with Crippen molar-refractivity contribution in [2.45, 2.75) is 64.5 Å². The molecular weight excluding hydrogens is 224 g/mol. The van der Waals surface area contributed by atoms with Crippen LogP contribution in [0, 0.1) is 22.7 Å². The predicted octanol–water partition coefficient (Wildman–Crippen LogP) is 2.86. The highest BCUT2D eigenvalue weighted by atomic mass is 16.5. The van der Waals surface area contributed by atoms with Gasteiger partial charge in [0.15, 0.2) is 0 Å². The summed E-state index contributed by atoms with van der Waals surface area (Å²) in [5.74, 6) is 0.108. The Bertz CT molecular complexity index is 304. The first kappa shape index (κ1) is 13.8. The number of nitrogens with zero attached hydrogens (tertiary/aromatic N) is 1. The van der Waals surface area contributed by atoms with Gasteiger partial charge in [0.2, 0.25) is 0 Å². The number of nitriles is 1. The lowest BCUT2D eigenvalue weighted by Crippen LogP contribution is -2.64. The van der Waals surface area contributed by atoms with Gasteiger partial charge in [-0.25, -0.2) is 0 Å². The summed E-state index contributed by atoms with van der Waals surface area (Å²) in [4.78, 5) is 0. The van der Waals surface area contributed by atoms with E-state index >= 15 is 0 Å². The average Bonchev–Trinajstić information content (AvgIpc) is 2.42. The smallest absolute Gasteiger partial charge is 0.0666 e. The van der Waals surface area contributed by atoms with Crippen molar-refractivity contribution >= 4 is 0 Å². The zero-order chi connectivity index (χ0) is 13.0. The van der Waals surface area contributed by atoms with Gasteiger partial charge in [0.05, 0.1) is 18.1 Å². The molecule has 0 aromatic rings. The summed E-state index contributed by atoms with van der Waals surface area (Å²) in [7, 11) is 0. The van der Waals surface area contributed by atoms with Crippen LogP contribution in [0.2, 0.25) is 0 Å². The molecule has 0 saturated heterocycles. The van der Waals surface area contributed by atoms with Crippen LogP contribution in [0.1, 0.15) is 52.4 Å². The molecular formula is C15H26N2O. The maximum absolute atomic E-state index is 8.86. The highest BCUT2D eigenvalue weighted by Gasteiger charge is 2.55. The van der Waals surface area contributed by atoms with E-state index in [2.05, 4.69) is 18.3 Å². The summed E-state index contributed by atoms with van der Waals surface area (Å²) in [5.41, 5.74) is 0.378. The standard InChI is InChI=1S/C15H26N2O/c1-3-18-14-9-13(17-11-12(2)10-16)15(14)7-5-4-6-8-15/h12-14,17H,3-9,11H2,1-2H3. The quantitative estimate of drug-likeness (QED) is 0.816. The van der Waals surface area contributed by atoms with Gasteiger partial charge in [-0.2, -0.15) is 5.26 Å². The lowest BCUT2D eigenvalue weighted by atomic mass is 9.55. The summed E-state index contributed by atoms with van der Waals surface area (Å²) in [6, 6.07) is 2.88. The Morgan fingerprint density at radius 3 is 2.72 bits per heavy atom. The number of hydrogen-bond donors (Lipinski definition) is 1. The van der Waals surface area contributed by atoms with Gasteiger partial charge in [-0.05, 0) is 33.1 Å². The van der Waals surface area contributed by atoms with Crippen molar-refractivity contribution in [1.29, 1.82) is 5.26 Å². The third kappa shape index (κ3) is 2.55. The van der Waals surface area contributed by atoms with Crippen LogP contribution in [-0.4, -0.2) is 25.3 Å². The zero-order valence-electron chi connectivity index (χ0n) is 11.7. The van der Waals surface area contributed by atoms with Crippen molar-refractivity contribution < 1.29 is 4.74 Å². The van der Waals surface area contributed by atoms with Crippen molar-refractivity contribution in [3.63, 3.8) is 0 Å². The van der Waals surface area contributed by atoms with Crippen molar-refractivity contribution in [3.05, 3.63) is 0 Å². The monoisotopic (exact) mass is 250 g/mol. The summed E-state index contributed by atoms with van der Waals surface area (Å²) in [6.45, 7) is 5.73. The molecule has 2 saturated carbocycles. The number of hydrogen-bond acceptors (Lipinski definition) is 3. The third-order valence-electron chi connectivity index (χ3n) is 4.83. The molecule has 2 aliphatic rings. The first-order valence-corrected chi connectivity index (χ1v) is 7.47. The Hall–Kier alpha value is -0.590. The molecule has 1 spiro atoms. The van der Waals surface area contributed by atoms with Crippen LogP contribution < -0.4 is 5.32 Å². The van der Waals surface area contributed by atoms with E-state index in [1.54, 1.807) is 0 Å². The lowest BCUT2D eigenvalue weighted by molar-refractivity contribution is -0.150. The molecule has 2 fully saturated rings. The molecule has 3 atom stereocenters. The first-order chi connectivity index (χ1) is 8.73. The molecule has 3 heteroatoms. The molecule has 0 aliphatic heterocycles. The van der Waals surface area contributed by atoms with Gasteiger partial charge < -0.3 is 10.1 Å². The average molecular weight is 250 g/mol. The summed E-state index contributed by atoms with van der Waals surface area (Å²) < 4.78 is 5.93. The molecule has 2 aliphatic carbocycles. The van der Waals surface area contributed by atoms with E-state index in [1.807, 2.05) is 6.92 Å². The third-order valence-corrected chi connectivity index (χ3v) is 4.83. The van der Waals surface area contributed by atoms with Gasteiger partial charge in [0, 0.05) is 24.6 Å². The van der Waals surface area contributed by atoms with E-state index in [9.17, 15) is 0 Å². The molecule has 0 radical (unpaired) electrons. The van der Waals surface area contributed by atoms with Gasteiger partial charge in [-0.15, -0.1) is 0 Å². The molecule has 0 aromatic carbocycles. The van der Waals surface area contributed by atoms with Crippen LogP contribution in [0.5, 0.6) is 0 Å². The molecule has 0 heterocycles. The number of ether oxygens (including phenoxy) is 1. The van der Waals surface area contributed by atoms with E-state index in [1.165, 1.54) is 32.1 Å². The maximum Gasteiger partial charge on any atom is 0.0666 e. The highest BCUT2D eigenvalue weighted by molar-refractivity contribution is 5.09. The SMILES string of the molecule is CCOC1CC(NCC(C)C#N)C12CCCCC2. The highest BCUT2D eigenvalue weighted by Crippen LogP contribution is 2.53. The van der Waals surface area contributed by atoms with Crippen LogP contribution in [0.15, 0.2) is 0 Å². The fourth-order valence-corrected chi connectivity index (χ4v) is 3.71. The van der Waals surface area contributed by atoms with Gasteiger partial charge in [0.1, 0.15) is 0 Å². The molecule has 18 heavy (non-hydrogen) atoms. The molecule has 3 unspecified atom stereocenters. The van der Waals surface area contributed by atoms with E-state index in [4.69, 9.17) is 10.00 Å². The van der Waals surface area contributed by atoms with Crippen LogP contribution in [0.25, 0.3) is 0 Å². The fraction of sp³-hybridized carbons (Fsp3) is 0.933. The van der Waals surface area contributed by atoms with Crippen molar-refractivity contribution in [2.75, 3.05) is 13.2 Å². The normalized spacial score (nSPS) is 31.6. The summed E-state index contributed by atoms with van der Waals surface area (Å²) >= 11 is 0. The molecule has 2 rings (SSSR count). The van der Waals surface area contributed by atoms with Crippen LogP contribution in [-0.2, 0) is 4.74 Å². The van der Waals surface area contributed by atoms with Gasteiger partial charge in [-0.3, -0.25) is 0 Å². The number of nitrogens with one attached hydrogen (secondary N) is 1. The molecule has 3 nitrogen and oxygen atoms in total. The minimum atomic E-state index is 0.108. The van der Waals surface area contributed by atoms with E-state index in [-0.39, 0.29) is 5.92 Å². The molecule has 0 bridgehead atoms. The second kappa shape index (κ2) is 6.04. The fourth-order valence-electron chi connectivity index (χ4n) is 3.71.